The summed E-state index contributed by atoms with van der Waals surface area (Å²) in [5.74, 6) is -3.22. The first-order valence-electron chi connectivity index (χ1n) is 51.7. The van der Waals surface area contributed by atoms with Crippen molar-refractivity contribution in [3.05, 3.63) is 340 Å². The summed E-state index contributed by atoms with van der Waals surface area (Å²) < 4.78 is 296. The van der Waals surface area contributed by atoms with Crippen LogP contribution in [0.3, 0.4) is 0 Å². The molecule has 6 aromatic carbocycles. The Labute approximate surface area is 748 Å². The Balaban J connectivity index is 0.000000184. The second kappa shape index (κ2) is 37.8. The van der Waals surface area contributed by atoms with Crippen LogP contribution >= 0.6 is 0 Å². The summed E-state index contributed by atoms with van der Waals surface area (Å²) in [5.41, 5.74) is 10.6. The van der Waals surface area contributed by atoms with Crippen LogP contribution in [0.2, 0.25) is 0 Å². The fraction of sp³-hybridized carbons (Fsp3) is 0.165. The molecule has 0 fully saturated rings. The maximum absolute atomic E-state index is 8.57. The van der Waals surface area contributed by atoms with Gasteiger partial charge < -0.3 is 43.2 Å². The van der Waals surface area contributed by atoms with Gasteiger partial charge in [-0.05, 0) is 184 Å². The van der Waals surface area contributed by atoms with E-state index in [1.54, 1.807) is 73.7 Å². The predicted octanol–water partition coefficient (Wildman–Crippen LogP) is 24.3. The van der Waals surface area contributed by atoms with Crippen molar-refractivity contribution in [2.75, 3.05) is 0 Å². The van der Waals surface area contributed by atoms with Gasteiger partial charge in [0.05, 0.1) is 16.7 Å². The van der Waals surface area contributed by atoms with E-state index in [-0.39, 0.29) is 127 Å². The molecule has 0 unspecified atom stereocenters. The molecule has 567 valence electrons. The third-order valence-electron chi connectivity index (χ3n) is 16.5. The molecule has 12 nitrogen and oxygen atoms in total. The number of aryl methyl sites for hydroxylation is 13. The number of pyridine rings is 9. The van der Waals surface area contributed by atoms with Gasteiger partial charge in [0.25, 0.3) is 0 Å². The topological polar surface area (TPSA) is 155 Å². The minimum absolute atomic E-state index is 0. The number of hydrogen-bond acceptors (Lipinski definition) is 12. The van der Waals surface area contributed by atoms with Crippen molar-refractivity contribution in [1.29, 1.82) is 0 Å². The molecule has 18 aromatic rings. The minimum atomic E-state index is -3.37. The molecule has 0 amide bonds. The summed E-state index contributed by atoms with van der Waals surface area (Å²) in [6, 6.07) is 68.0. The van der Waals surface area contributed by atoms with Crippen LogP contribution in [0.25, 0.3) is 134 Å². The summed E-state index contributed by atoms with van der Waals surface area (Å²) in [6.07, 6.45) is 7.27. The standard InChI is InChI=1S/C21H19N2O.C19H15N2O.C18H13N2O.3C13H12N.3Ir/c1-12(2)18-10-19(22-11-13(18)3)17-7-5-6-15-16-9-8-14(4)23-21(16)24-20(15)17;1-11-9-17(20-10-12(11)2)16-6-4-5-14-15-8-7-13(3)21-19(15)22-18(14)16;1-11-6-9-16(19-10-11)15-5-3-4-13-14-8-7-12(2)20-18(14)21-17(13)15;3*1-10-3-6-12(7-4-10)13-8-5-11(2)9-14-13;;;/h5-6,8-12H,1-4H3;4-5,7-10H,1-3H3;3-4,6-10H,1-2H3;3*3-6,8-9H,1-2H3;;;/q6*-1;;;/i1D3,2D3,3D3,12D;1D3,2D3;1D3;3*1D3,2D3;;;. The normalized spacial score (nSPS) is 17.0. The van der Waals surface area contributed by atoms with Crippen LogP contribution < -0.4 is 0 Å². The Kier molecular flexibility index (Phi) is 15.8. The van der Waals surface area contributed by atoms with Gasteiger partial charge in [0.15, 0.2) is 0 Å². The average Bonchev–Trinajstić information content (AvgIpc) is 1.43. The van der Waals surface area contributed by atoms with E-state index in [4.69, 9.17) is 64.0 Å². The number of fused-ring (bicyclic) bond motifs is 9. The van der Waals surface area contributed by atoms with Gasteiger partial charge in [0, 0.05) is 181 Å². The zero-order valence-corrected chi connectivity index (χ0v) is 66.3. The van der Waals surface area contributed by atoms with Gasteiger partial charge in [-0.2, -0.15) is 0 Å². The van der Waals surface area contributed by atoms with Crippen LogP contribution in [-0.4, -0.2) is 44.9 Å². The minimum Gasteiger partial charge on any atom is -0.486 e. The van der Waals surface area contributed by atoms with Gasteiger partial charge >= 0.3 is 0 Å². The quantitative estimate of drug-likeness (QED) is 0.139. The van der Waals surface area contributed by atoms with Crippen molar-refractivity contribution in [1.82, 2.24) is 44.9 Å². The molecule has 112 heavy (non-hydrogen) atoms. The molecule has 12 aromatic heterocycles. The summed E-state index contributed by atoms with van der Waals surface area (Å²) in [7, 11) is 0. The van der Waals surface area contributed by atoms with Gasteiger partial charge in [0.1, 0.15) is 0 Å². The summed E-state index contributed by atoms with van der Waals surface area (Å²) >= 11 is 0. The van der Waals surface area contributed by atoms with E-state index in [2.05, 4.69) is 81.3 Å². The van der Waals surface area contributed by atoms with E-state index in [0.29, 0.717) is 89.9 Å². The molecule has 0 bridgehead atoms. The van der Waals surface area contributed by atoms with E-state index in [1.807, 2.05) is 68.4 Å². The summed E-state index contributed by atoms with van der Waals surface area (Å²) in [5, 5.41) is 4.88. The van der Waals surface area contributed by atoms with Crippen molar-refractivity contribution in [2.45, 2.75) is 109 Å². The number of nitrogens with zero attached hydrogens (tertiary/aromatic N) is 9. The van der Waals surface area contributed by atoms with Gasteiger partial charge in [0.2, 0.25) is 17.1 Å². The molecule has 15 heteroatoms. The van der Waals surface area contributed by atoms with E-state index < -0.39 is 99.2 Å². The van der Waals surface area contributed by atoms with Crippen molar-refractivity contribution in [2.24, 2.45) is 0 Å². The molecule has 3 radical (unpaired) electrons. The zero-order valence-electron chi connectivity index (χ0n) is 96.1. The number of benzene rings is 6. The molecule has 18 rings (SSSR count). The van der Waals surface area contributed by atoms with Crippen LogP contribution in [0.1, 0.15) is 149 Å². The van der Waals surface area contributed by atoms with Gasteiger partial charge in [-0.1, -0.05) is 133 Å². The van der Waals surface area contributed by atoms with E-state index >= 15 is 0 Å². The maximum atomic E-state index is 8.57. The Morgan fingerprint density at radius 3 is 0.955 bits per heavy atom. The third kappa shape index (κ3) is 20.0. The Bertz CT molecular complexity index is 7290. The van der Waals surface area contributed by atoms with Crippen molar-refractivity contribution in [3.63, 3.8) is 0 Å². The molecular formula is C97H83Ir3N9O3-6. The predicted molar refractivity (Wildman–Crippen MR) is 442 cm³/mol. The van der Waals surface area contributed by atoms with E-state index in [1.165, 1.54) is 85.5 Å². The molecule has 0 saturated carbocycles. The SMILES string of the molecule is [2H]C([2H])([2H])c1c[c-]c(-c2ccc(C([2H])([2H])[2H])cn2)cc1.[2H]C([2H])([2H])c1c[c-]c(-c2ccc(C([2H])([2H])[2H])cn2)cc1.[2H]C([2H])([2H])c1c[c-]c(-c2ccc(C([2H])([2H])[2H])cn2)cc1.[2H]C([2H])([2H])c1ccc(-c2[c-]ccc3c2oc2nc(C)ccc23)nc1.[2H]C([2H])([2H])c1cnc(-c2[c-]ccc3c2oc2nc(C)ccc23)cc1C([2H])(C([2H])([2H])[2H])C([2H])([2H])[2H].[2H]C([2H])([2H])c1cnc(-c2[c-]ccc3c2oc2nc(C)ccc23)cc1C([2H])([2H])[2H].[Ir].[Ir].[Ir]. The summed E-state index contributed by atoms with van der Waals surface area (Å²) in [4.78, 5) is 38.0. The van der Waals surface area contributed by atoms with Crippen LogP contribution in [0, 0.1) is 126 Å². The molecule has 0 atom stereocenters. The number of aromatic nitrogens is 9. The smallest absolute Gasteiger partial charge is 0.216 e. The second-order valence-electron chi connectivity index (χ2n) is 24.3. The average molecular weight is 2040 g/mol. The number of hydrogen-bond donors (Lipinski definition) is 0. The first-order chi connectivity index (χ1) is 67.6. The van der Waals surface area contributed by atoms with Crippen LogP contribution in [0.5, 0.6) is 0 Å². The van der Waals surface area contributed by atoms with Crippen molar-refractivity contribution < 1.29 is 124 Å². The zero-order chi connectivity index (χ0) is 107. The van der Waals surface area contributed by atoms with Gasteiger partial charge in [-0.25, -0.2) is 15.0 Å². The maximum Gasteiger partial charge on any atom is 0.216 e. The third-order valence-corrected chi connectivity index (χ3v) is 16.5. The van der Waals surface area contributed by atoms with Gasteiger partial charge in [-0.3, -0.25) is 0 Å². The van der Waals surface area contributed by atoms with E-state index in [0.717, 1.165) is 62.5 Å². The molecule has 12 heterocycles. The fourth-order valence-corrected chi connectivity index (χ4v) is 11.1. The first kappa shape index (κ1) is 46.8. The molecule has 0 aliphatic carbocycles. The van der Waals surface area contributed by atoms with Crippen molar-refractivity contribution >= 4 is 66.2 Å². The molecule has 0 aliphatic rings. The Hall–Kier alpha value is -11.0. The van der Waals surface area contributed by atoms with Gasteiger partial charge in [-0.15, -0.1) is 161 Å². The molecule has 0 N–H and O–H groups in total. The Morgan fingerprint density at radius 1 is 0.304 bits per heavy atom. The molecule has 0 spiro atoms. The summed E-state index contributed by atoms with van der Waals surface area (Å²) in [6.45, 7) is -24.4. The molecular weight excluding hydrogens is 1920 g/mol. The Morgan fingerprint density at radius 2 is 0.634 bits per heavy atom. The largest absolute Gasteiger partial charge is 0.486 e. The van der Waals surface area contributed by atoms with Crippen LogP contribution in [-0.2, 0) is 60.3 Å². The van der Waals surface area contributed by atoms with E-state index in [9.17, 15) is 0 Å². The monoisotopic (exact) mass is 2040 g/mol. The first-order valence-corrected chi connectivity index (χ1v) is 33.2. The molecule has 0 saturated heterocycles. The van der Waals surface area contributed by atoms with Crippen LogP contribution in [0.15, 0.2) is 238 Å². The molecule has 0 aliphatic heterocycles. The second-order valence-corrected chi connectivity index (χ2v) is 24.3. The van der Waals surface area contributed by atoms with Crippen molar-refractivity contribution in [3.8, 4) is 67.5 Å². The number of rotatable bonds is 7. The van der Waals surface area contributed by atoms with Crippen LogP contribution in [0.4, 0.5) is 0 Å². The number of furan rings is 3. The fourth-order valence-electron chi connectivity index (χ4n) is 11.1.